The normalized spacial score (nSPS) is 18.1. The number of pyridine rings is 1. The van der Waals surface area contributed by atoms with Gasteiger partial charge in [0, 0.05) is 42.9 Å². The molecule has 0 amide bonds. The fourth-order valence-electron chi connectivity index (χ4n) is 4.42. The molecular weight excluding hydrogens is 390 g/mol. The maximum Gasteiger partial charge on any atom is 0.323 e. The Morgan fingerprint density at radius 1 is 1.16 bits per heavy atom. The number of carbonyl (C=O) groups excluding carboxylic acids is 1. The van der Waals surface area contributed by atoms with Crippen LogP contribution in [0.4, 0.5) is 0 Å². The molecule has 7 nitrogen and oxygen atoms in total. The second-order valence-corrected chi connectivity index (χ2v) is 7.50. The van der Waals surface area contributed by atoms with Gasteiger partial charge in [-0.15, -0.1) is 0 Å². The third-order valence-electron chi connectivity index (χ3n) is 5.74. The molecule has 0 bridgehead atoms. The highest BCUT2D eigenvalue weighted by molar-refractivity contribution is 5.76. The number of esters is 1. The van der Waals surface area contributed by atoms with Gasteiger partial charge in [0.1, 0.15) is 6.04 Å². The number of aromatic nitrogens is 3. The topological polar surface area (TPSA) is 92.0 Å². The van der Waals surface area contributed by atoms with Crippen LogP contribution in [0.15, 0.2) is 67.4 Å². The Kier molecular flexibility index (Phi) is 6.29. The number of ether oxygens (including phenoxy) is 1. The van der Waals surface area contributed by atoms with E-state index in [2.05, 4.69) is 25.9 Å². The van der Waals surface area contributed by atoms with Crippen molar-refractivity contribution in [3.05, 3.63) is 89.8 Å². The maximum atomic E-state index is 12.6. The predicted octanol–water partition coefficient (Wildman–Crippen LogP) is 3.25. The summed E-state index contributed by atoms with van der Waals surface area (Å²) in [6, 6.07) is 13.1. The van der Waals surface area contributed by atoms with Gasteiger partial charge in [-0.05, 0) is 48.7 Å². The van der Waals surface area contributed by atoms with Gasteiger partial charge in [-0.25, -0.2) is 0 Å². The Morgan fingerprint density at radius 2 is 2.00 bits per heavy atom. The van der Waals surface area contributed by atoms with E-state index in [9.17, 15) is 10.1 Å². The van der Waals surface area contributed by atoms with Gasteiger partial charge in [-0.3, -0.25) is 24.6 Å². The van der Waals surface area contributed by atoms with Crippen LogP contribution in [0.3, 0.4) is 0 Å². The average Bonchev–Trinajstić information content (AvgIpc) is 3.32. The summed E-state index contributed by atoms with van der Waals surface area (Å²) < 4.78 is 5.11. The van der Waals surface area contributed by atoms with E-state index in [0.717, 1.165) is 36.2 Å². The molecule has 1 aliphatic heterocycles. The zero-order valence-corrected chi connectivity index (χ0v) is 17.3. The van der Waals surface area contributed by atoms with Crippen LogP contribution in [0.1, 0.15) is 47.2 Å². The fraction of sp³-hybridized carbons (Fsp3) is 0.292. The quantitative estimate of drug-likeness (QED) is 0.573. The van der Waals surface area contributed by atoms with Crippen LogP contribution in [0.5, 0.6) is 0 Å². The molecule has 0 N–H and O–H groups in total. The van der Waals surface area contributed by atoms with Crippen LogP contribution in [-0.2, 0) is 9.53 Å². The highest BCUT2D eigenvalue weighted by Crippen LogP contribution is 2.43. The van der Waals surface area contributed by atoms with Crippen molar-refractivity contribution < 1.29 is 9.53 Å². The van der Waals surface area contributed by atoms with Crippen molar-refractivity contribution in [2.75, 3.05) is 13.7 Å². The molecule has 1 saturated heterocycles. The smallest absolute Gasteiger partial charge is 0.323 e. The van der Waals surface area contributed by atoms with E-state index in [1.165, 1.54) is 7.11 Å². The lowest BCUT2D eigenvalue weighted by molar-refractivity contribution is -0.146. The summed E-state index contributed by atoms with van der Waals surface area (Å²) in [5, 5.41) is 9.49. The third-order valence-corrected chi connectivity index (χ3v) is 5.74. The van der Waals surface area contributed by atoms with E-state index in [0.29, 0.717) is 5.56 Å². The average molecular weight is 413 g/mol. The molecule has 1 fully saturated rings. The number of rotatable bonds is 6. The molecule has 7 heteroatoms. The number of nitrogens with zero attached hydrogens (tertiary/aromatic N) is 5. The van der Waals surface area contributed by atoms with E-state index in [4.69, 9.17) is 4.74 Å². The van der Waals surface area contributed by atoms with Crippen molar-refractivity contribution in [2.24, 2.45) is 0 Å². The van der Waals surface area contributed by atoms with Crippen molar-refractivity contribution in [1.82, 2.24) is 19.9 Å². The Morgan fingerprint density at radius 3 is 2.71 bits per heavy atom. The molecule has 0 spiro atoms. The summed E-state index contributed by atoms with van der Waals surface area (Å²) in [7, 11) is 1.42. The number of hydrogen-bond donors (Lipinski definition) is 0. The molecule has 4 rings (SSSR count). The van der Waals surface area contributed by atoms with Gasteiger partial charge in [0.2, 0.25) is 0 Å². The van der Waals surface area contributed by atoms with Crippen molar-refractivity contribution in [2.45, 2.75) is 30.8 Å². The zero-order valence-electron chi connectivity index (χ0n) is 17.3. The Balaban J connectivity index is 1.91. The van der Waals surface area contributed by atoms with Crippen LogP contribution in [0.25, 0.3) is 0 Å². The molecule has 0 radical (unpaired) electrons. The second kappa shape index (κ2) is 9.45. The molecule has 3 unspecified atom stereocenters. The third kappa shape index (κ3) is 4.30. The number of likely N-dealkylation sites (tertiary alicyclic amines) is 1. The first kappa shape index (κ1) is 20.6. The van der Waals surface area contributed by atoms with Crippen molar-refractivity contribution in [3.8, 4) is 6.07 Å². The summed E-state index contributed by atoms with van der Waals surface area (Å²) in [6.45, 7) is 0.734. The van der Waals surface area contributed by atoms with Crippen molar-refractivity contribution in [1.29, 1.82) is 5.26 Å². The first-order chi connectivity index (χ1) is 15.2. The van der Waals surface area contributed by atoms with Gasteiger partial charge >= 0.3 is 5.97 Å². The second-order valence-electron chi connectivity index (χ2n) is 7.50. The van der Waals surface area contributed by atoms with Crippen molar-refractivity contribution in [3.63, 3.8) is 0 Å². The summed E-state index contributed by atoms with van der Waals surface area (Å²) in [4.78, 5) is 28.0. The van der Waals surface area contributed by atoms with Crippen LogP contribution in [0.2, 0.25) is 0 Å². The first-order valence-electron chi connectivity index (χ1n) is 10.2. The summed E-state index contributed by atoms with van der Waals surface area (Å²) >= 11 is 0. The molecule has 1 aromatic carbocycles. The van der Waals surface area contributed by atoms with Crippen LogP contribution < -0.4 is 0 Å². The van der Waals surface area contributed by atoms with E-state index in [-0.39, 0.29) is 24.0 Å². The Hall–Kier alpha value is -3.63. The molecule has 3 atom stereocenters. The van der Waals surface area contributed by atoms with Gasteiger partial charge in [0.15, 0.2) is 0 Å². The van der Waals surface area contributed by atoms with Gasteiger partial charge in [-0.1, -0.05) is 18.2 Å². The van der Waals surface area contributed by atoms with Crippen LogP contribution in [0, 0.1) is 11.3 Å². The van der Waals surface area contributed by atoms with Gasteiger partial charge in [0.25, 0.3) is 0 Å². The lowest BCUT2D eigenvalue weighted by Crippen LogP contribution is -2.42. The predicted molar refractivity (Wildman–Crippen MR) is 114 cm³/mol. The van der Waals surface area contributed by atoms with Gasteiger partial charge < -0.3 is 4.74 Å². The SMILES string of the molecule is COC(=O)C1CCCN1C(c1cccc(C#N)c1)C(c1cccnc1)c1cnccn1. The lowest BCUT2D eigenvalue weighted by Gasteiger charge is -2.37. The minimum atomic E-state index is -0.364. The monoisotopic (exact) mass is 413 g/mol. The molecule has 3 aromatic rings. The molecular formula is C24H23N5O2. The number of carbonyl (C=O) groups is 1. The highest BCUT2D eigenvalue weighted by atomic mass is 16.5. The minimum Gasteiger partial charge on any atom is -0.468 e. The number of hydrogen-bond acceptors (Lipinski definition) is 7. The van der Waals surface area contributed by atoms with Gasteiger partial charge in [0.05, 0.1) is 24.4 Å². The Bertz CT molecular complexity index is 1030. The fourth-order valence-corrected chi connectivity index (χ4v) is 4.42. The zero-order chi connectivity index (χ0) is 21.6. The van der Waals surface area contributed by atoms with E-state index >= 15 is 0 Å². The molecule has 156 valence electrons. The standard InChI is InChI=1S/C24H23N5O2/c1-31-24(30)21-8-4-12-29(21)23(18-6-2-5-17(13-18)14-25)22(19-7-3-9-26-15-19)20-16-27-10-11-28-20/h2-3,5-7,9-11,13,15-16,21-23H,4,8,12H2,1H3. The molecule has 0 saturated carbocycles. The molecule has 2 aromatic heterocycles. The molecule has 1 aliphatic rings. The van der Waals surface area contributed by atoms with E-state index < -0.39 is 0 Å². The van der Waals surface area contributed by atoms with Crippen LogP contribution >= 0.6 is 0 Å². The van der Waals surface area contributed by atoms with Gasteiger partial charge in [-0.2, -0.15) is 5.26 Å². The van der Waals surface area contributed by atoms with E-state index in [1.54, 1.807) is 30.9 Å². The van der Waals surface area contributed by atoms with Crippen LogP contribution in [-0.4, -0.2) is 45.5 Å². The Labute approximate surface area is 181 Å². The number of nitriles is 1. The maximum absolute atomic E-state index is 12.6. The minimum absolute atomic E-state index is 0.235. The molecule has 3 heterocycles. The summed E-state index contributed by atoms with van der Waals surface area (Å²) in [6.07, 6.45) is 10.2. The molecule has 0 aliphatic carbocycles. The summed E-state index contributed by atoms with van der Waals surface area (Å²) in [5.41, 5.74) is 3.25. The molecule has 31 heavy (non-hydrogen) atoms. The first-order valence-corrected chi connectivity index (χ1v) is 10.2. The number of methoxy groups -OCH3 is 1. The largest absolute Gasteiger partial charge is 0.468 e. The summed E-state index contributed by atoms with van der Waals surface area (Å²) in [5.74, 6) is -0.482. The van der Waals surface area contributed by atoms with E-state index in [1.807, 2.05) is 36.5 Å². The highest BCUT2D eigenvalue weighted by Gasteiger charge is 2.41. The lowest BCUT2D eigenvalue weighted by atomic mass is 9.83. The number of benzene rings is 1. The van der Waals surface area contributed by atoms with Crippen molar-refractivity contribution >= 4 is 5.97 Å².